The molecule has 0 radical (unpaired) electrons. The molecule has 2 rings (SSSR count). The summed E-state index contributed by atoms with van der Waals surface area (Å²) in [5, 5.41) is 4.26. The van der Waals surface area contributed by atoms with Crippen LogP contribution in [0.3, 0.4) is 0 Å². The quantitative estimate of drug-likeness (QED) is 0.861. The fourth-order valence-electron chi connectivity index (χ4n) is 1.87. The van der Waals surface area contributed by atoms with Crippen LogP contribution in [0.5, 0.6) is 0 Å². The maximum atomic E-state index is 12.4. The second-order valence-electron chi connectivity index (χ2n) is 4.42. The number of rotatable bonds is 3. The van der Waals surface area contributed by atoms with Crippen LogP contribution in [0.2, 0.25) is 0 Å². The molecule has 5 heteroatoms. The van der Waals surface area contributed by atoms with Crippen LogP contribution < -0.4 is 5.73 Å². The molecule has 0 aliphatic heterocycles. The maximum Gasteiger partial charge on any atom is 0.0702 e. The Labute approximate surface area is 109 Å². The lowest BCUT2D eigenvalue weighted by atomic mass is 10.2. The minimum Gasteiger partial charge on any atom is -0.399 e. The number of hydrogen-bond donors (Lipinski definition) is 1. The smallest absolute Gasteiger partial charge is 0.0702 e. The Morgan fingerprint density at radius 3 is 2.67 bits per heavy atom. The topological polar surface area (TPSA) is 60.9 Å². The number of benzene rings is 1. The fraction of sp³-hybridized carbons (Fsp3) is 0.308. The van der Waals surface area contributed by atoms with Crippen LogP contribution in [0.25, 0.3) is 0 Å². The summed E-state index contributed by atoms with van der Waals surface area (Å²) >= 11 is 0. The molecule has 1 atom stereocenters. The van der Waals surface area contributed by atoms with Gasteiger partial charge in [-0.3, -0.25) is 8.89 Å². The van der Waals surface area contributed by atoms with Gasteiger partial charge in [0.1, 0.15) is 0 Å². The van der Waals surface area contributed by atoms with Crippen molar-refractivity contribution in [2.45, 2.75) is 24.5 Å². The average molecular weight is 263 g/mol. The third-order valence-electron chi connectivity index (χ3n) is 2.84. The summed E-state index contributed by atoms with van der Waals surface area (Å²) in [5.41, 5.74) is 9.29. The predicted molar refractivity (Wildman–Crippen MR) is 73.6 cm³/mol. The molecule has 1 aromatic heterocycles. The molecule has 4 nitrogen and oxygen atoms in total. The van der Waals surface area contributed by atoms with Crippen molar-refractivity contribution >= 4 is 16.5 Å². The molecule has 2 aromatic rings. The van der Waals surface area contributed by atoms with Crippen molar-refractivity contribution in [1.29, 1.82) is 0 Å². The normalized spacial score (nSPS) is 12.6. The first-order valence-corrected chi connectivity index (χ1v) is 7.03. The molecule has 0 aliphatic carbocycles. The number of anilines is 1. The highest BCUT2D eigenvalue weighted by atomic mass is 32.2. The van der Waals surface area contributed by atoms with Gasteiger partial charge in [0.2, 0.25) is 0 Å². The number of nitrogens with two attached hydrogens (primary N) is 1. The van der Waals surface area contributed by atoms with Crippen molar-refractivity contribution in [3.63, 3.8) is 0 Å². The SMILES string of the molecule is Cc1cc(CS(=O)c2cc(N)ccc2C)n(C)n1. The van der Waals surface area contributed by atoms with Crippen molar-refractivity contribution in [2.75, 3.05) is 5.73 Å². The number of aryl methyl sites for hydroxylation is 3. The average Bonchev–Trinajstić information content (AvgIpc) is 2.61. The van der Waals surface area contributed by atoms with Gasteiger partial charge < -0.3 is 5.73 Å². The second kappa shape index (κ2) is 4.94. The molecule has 0 saturated carbocycles. The largest absolute Gasteiger partial charge is 0.399 e. The minimum atomic E-state index is -1.09. The van der Waals surface area contributed by atoms with Crippen LogP contribution in [-0.2, 0) is 23.6 Å². The van der Waals surface area contributed by atoms with E-state index < -0.39 is 10.8 Å². The van der Waals surface area contributed by atoms with Gasteiger partial charge in [0.25, 0.3) is 0 Å². The molecule has 2 N–H and O–H groups in total. The Morgan fingerprint density at radius 1 is 1.33 bits per heavy atom. The van der Waals surface area contributed by atoms with Crippen molar-refractivity contribution in [3.8, 4) is 0 Å². The predicted octanol–water partition coefficient (Wildman–Crippen LogP) is 1.93. The molecule has 0 fully saturated rings. The van der Waals surface area contributed by atoms with Gasteiger partial charge in [-0.15, -0.1) is 0 Å². The van der Waals surface area contributed by atoms with E-state index in [4.69, 9.17) is 5.73 Å². The fourth-order valence-corrected chi connectivity index (χ4v) is 3.26. The summed E-state index contributed by atoms with van der Waals surface area (Å²) in [7, 11) is 0.773. The molecule has 0 amide bonds. The molecular formula is C13H17N3OS. The van der Waals surface area contributed by atoms with Crippen molar-refractivity contribution in [2.24, 2.45) is 7.05 Å². The number of nitrogen functional groups attached to an aromatic ring is 1. The second-order valence-corrected chi connectivity index (χ2v) is 5.84. The molecular weight excluding hydrogens is 246 g/mol. The standard InChI is InChI=1S/C13H17N3OS/c1-9-4-5-11(14)7-13(9)18(17)8-12-6-10(2)15-16(12)3/h4-7H,8,14H2,1-3H3. The van der Waals surface area contributed by atoms with Gasteiger partial charge in [0.15, 0.2) is 0 Å². The van der Waals surface area contributed by atoms with E-state index in [0.717, 1.165) is 21.8 Å². The zero-order valence-corrected chi connectivity index (χ0v) is 11.6. The third-order valence-corrected chi connectivity index (χ3v) is 4.32. The molecule has 96 valence electrons. The van der Waals surface area contributed by atoms with E-state index in [0.29, 0.717) is 11.4 Å². The lowest BCUT2D eigenvalue weighted by Gasteiger charge is -2.07. The molecule has 18 heavy (non-hydrogen) atoms. The van der Waals surface area contributed by atoms with Crippen LogP contribution >= 0.6 is 0 Å². The van der Waals surface area contributed by atoms with Crippen molar-refractivity contribution in [1.82, 2.24) is 9.78 Å². The first kappa shape index (κ1) is 12.8. The Hall–Kier alpha value is -1.62. The molecule has 1 unspecified atom stereocenters. The Balaban J connectivity index is 2.27. The summed E-state index contributed by atoms with van der Waals surface area (Å²) in [5.74, 6) is 0.460. The Morgan fingerprint density at radius 2 is 2.06 bits per heavy atom. The van der Waals surface area contributed by atoms with Crippen LogP contribution in [0, 0.1) is 13.8 Å². The summed E-state index contributed by atoms with van der Waals surface area (Å²) in [6, 6.07) is 7.47. The van der Waals surface area contributed by atoms with Gasteiger partial charge in [-0.2, -0.15) is 5.10 Å². The first-order chi connectivity index (χ1) is 8.47. The zero-order chi connectivity index (χ0) is 13.3. The van der Waals surface area contributed by atoms with Gasteiger partial charge in [-0.05, 0) is 37.6 Å². The number of hydrogen-bond acceptors (Lipinski definition) is 3. The van der Waals surface area contributed by atoms with Crippen molar-refractivity contribution in [3.05, 3.63) is 41.2 Å². The van der Waals surface area contributed by atoms with E-state index in [9.17, 15) is 4.21 Å². The molecule has 0 bridgehead atoms. The Bertz CT molecular complexity index is 604. The zero-order valence-electron chi connectivity index (χ0n) is 10.8. The van der Waals surface area contributed by atoms with E-state index >= 15 is 0 Å². The van der Waals surface area contributed by atoms with Gasteiger partial charge in [0.05, 0.1) is 27.9 Å². The van der Waals surface area contributed by atoms with E-state index in [2.05, 4.69) is 5.10 Å². The first-order valence-electron chi connectivity index (χ1n) is 5.71. The number of aromatic nitrogens is 2. The highest BCUT2D eigenvalue weighted by molar-refractivity contribution is 7.84. The molecule has 0 saturated heterocycles. The lowest BCUT2D eigenvalue weighted by molar-refractivity contribution is 0.675. The molecule has 1 heterocycles. The molecule has 0 spiro atoms. The minimum absolute atomic E-state index is 0.460. The lowest BCUT2D eigenvalue weighted by Crippen LogP contribution is -2.04. The number of nitrogens with zero attached hydrogens (tertiary/aromatic N) is 2. The van der Waals surface area contributed by atoms with Gasteiger partial charge in [-0.1, -0.05) is 6.07 Å². The van der Waals surface area contributed by atoms with Gasteiger partial charge in [0, 0.05) is 17.6 Å². The van der Waals surface area contributed by atoms with E-state index in [1.165, 1.54) is 0 Å². The van der Waals surface area contributed by atoms with Crippen LogP contribution in [-0.4, -0.2) is 14.0 Å². The Kier molecular flexibility index (Phi) is 3.52. The van der Waals surface area contributed by atoms with Crippen molar-refractivity contribution < 1.29 is 4.21 Å². The van der Waals surface area contributed by atoms with E-state index in [1.807, 2.05) is 39.1 Å². The molecule has 1 aromatic carbocycles. The maximum absolute atomic E-state index is 12.4. The summed E-state index contributed by atoms with van der Waals surface area (Å²) < 4.78 is 14.1. The van der Waals surface area contributed by atoms with E-state index in [1.54, 1.807) is 10.7 Å². The highest BCUT2D eigenvalue weighted by Crippen LogP contribution is 2.19. The van der Waals surface area contributed by atoms with Gasteiger partial charge in [-0.25, -0.2) is 0 Å². The van der Waals surface area contributed by atoms with Crippen LogP contribution in [0.1, 0.15) is 17.0 Å². The van der Waals surface area contributed by atoms with Gasteiger partial charge >= 0.3 is 0 Å². The monoisotopic (exact) mass is 263 g/mol. The highest BCUT2D eigenvalue weighted by Gasteiger charge is 2.11. The molecule has 0 aliphatic rings. The van der Waals surface area contributed by atoms with Crippen LogP contribution in [0.15, 0.2) is 29.2 Å². The summed E-state index contributed by atoms with van der Waals surface area (Å²) in [4.78, 5) is 0.800. The third kappa shape index (κ3) is 2.61. The van der Waals surface area contributed by atoms with Crippen LogP contribution in [0.4, 0.5) is 5.69 Å². The van der Waals surface area contributed by atoms with E-state index in [-0.39, 0.29) is 0 Å². The summed E-state index contributed by atoms with van der Waals surface area (Å²) in [6.07, 6.45) is 0. The summed E-state index contributed by atoms with van der Waals surface area (Å²) in [6.45, 7) is 3.87.